The number of hydrogen-bond donors (Lipinski definition) is 2. The lowest BCUT2D eigenvalue weighted by atomic mass is 9.84. The zero-order valence-corrected chi connectivity index (χ0v) is 15.8. The fourth-order valence-electron chi connectivity index (χ4n) is 3.70. The molecule has 3 unspecified atom stereocenters. The number of aromatic hydroxyl groups is 1. The van der Waals surface area contributed by atoms with Crippen molar-refractivity contribution >= 4 is 0 Å². The van der Waals surface area contributed by atoms with E-state index in [0.29, 0.717) is 23.9 Å². The molecule has 1 aliphatic heterocycles. The van der Waals surface area contributed by atoms with Gasteiger partial charge in [0.05, 0.1) is 34.0 Å². The van der Waals surface area contributed by atoms with Crippen LogP contribution >= 0.6 is 0 Å². The molecule has 6 nitrogen and oxygen atoms in total. The molecule has 0 aliphatic carbocycles. The minimum absolute atomic E-state index is 0.0197. The normalized spacial score (nSPS) is 21.9. The number of rotatable bonds is 7. The third-order valence-electron chi connectivity index (χ3n) is 5.17. The SMILES string of the molecule is COc1cc(C2OCC(Cc3ccc(OC)c(OC)c3)C2CO)ccc1O. The fraction of sp³-hybridized carbons (Fsp3) is 0.429. The first kappa shape index (κ1) is 19.3. The number of benzene rings is 2. The second kappa shape index (κ2) is 8.50. The van der Waals surface area contributed by atoms with Gasteiger partial charge in [-0.1, -0.05) is 12.1 Å². The van der Waals surface area contributed by atoms with E-state index >= 15 is 0 Å². The summed E-state index contributed by atoms with van der Waals surface area (Å²) in [6.45, 7) is 0.569. The van der Waals surface area contributed by atoms with Crippen LogP contribution in [0.1, 0.15) is 17.2 Å². The Bertz CT molecular complexity index is 775. The van der Waals surface area contributed by atoms with Crippen LogP contribution in [0, 0.1) is 11.8 Å². The van der Waals surface area contributed by atoms with E-state index in [1.807, 2.05) is 24.3 Å². The average molecular weight is 374 g/mol. The summed E-state index contributed by atoms with van der Waals surface area (Å²) in [7, 11) is 4.74. The minimum atomic E-state index is -0.241. The molecule has 0 spiro atoms. The van der Waals surface area contributed by atoms with Gasteiger partial charge in [-0.3, -0.25) is 0 Å². The van der Waals surface area contributed by atoms with Gasteiger partial charge >= 0.3 is 0 Å². The lowest BCUT2D eigenvalue weighted by Gasteiger charge is -2.22. The smallest absolute Gasteiger partial charge is 0.160 e. The highest BCUT2D eigenvalue weighted by atomic mass is 16.5. The molecule has 1 aliphatic rings. The molecule has 0 aromatic heterocycles. The van der Waals surface area contributed by atoms with Crippen LogP contribution in [0.2, 0.25) is 0 Å². The van der Waals surface area contributed by atoms with Crippen molar-refractivity contribution in [2.45, 2.75) is 12.5 Å². The van der Waals surface area contributed by atoms with Crippen LogP contribution in [-0.4, -0.2) is 44.8 Å². The molecule has 1 heterocycles. The Labute approximate surface area is 159 Å². The number of phenolic OH excluding ortho intramolecular Hbond substituents is 1. The van der Waals surface area contributed by atoms with Gasteiger partial charge in [0.2, 0.25) is 0 Å². The monoisotopic (exact) mass is 374 g/mol. The number of phenols is 1. The first-order chi connectivity index (χ1) is 13.1. The summed E-state index contributed by atoms with van der Waals surface area (Å²) in [6.07, 6.45) is 0.520. The fourth-order valence-corrected chi connectivity index (χ4v) is 3.70. The van der Waals surface area contributed by atoms with Crippen LogP contribution < -0.4 is 14.2 Å². The van der Waals surface area contributed by atoms with Gasteiger partial charge in [-0.2, -0.15) is 0 Å². The van der Waals surface area contributed by atoms with Crippen LogP contribution in [0.15, 0.2) is 36.4 Å². The molecular formula is C21H26O6. The molecule has 2 N–H and O–H groups in total. The van der Waals surface area contributed by atoms with Gasteiger partial charge in [0.15, 0.2) is 23.0 Å². The molecule has 0 radical (unpaired) electrons. The number of hydrogen-bond acceptors (Lipinski definition) is 6. The summed E-state index contributed by atoms with van der Waals surface area (Å²) in [5.74, 6) is 1.98. The summed E-state index contributed by atoms with van der Waals surface area (Å²) < 4.78 is 21.9. The highest BCUT2D eigenvalue weighted by Gasteiger charge is 2.38. The standard InChI is InChI=1S/C21H26O6/c1-24-18-7-4-13(9-20(18)26-3)8-15-12-27-21(16(15)11-22)14-5-6-17(23)19(10-14)25-2/h4-7,9-10,15-16,21-23H,8,11-12H2,1-3H3. The quantitative estimate of drug-likeness (QED) is 0.776. The third-order valence-corrected chi connectivity index (χ3v) is 5.17. The van der Waals surface area contributed by atoms with Crippen LogP contribution in [0.25, 0.3) is 0 Å². The highest BCUT2D eigenvalue weighted by Crippen LogP contribution is 2.42. The average Bonchev–Trinajstić information content (AvgIpc) is 3.10. The largest absolute Gasteiger partial charge is 0.504 e. The Morgan fingerprint density at radius 2 is 1.70 bits per heavy atom. The summed E-state index contributed by atoms with van der Waals surface area (Å²) in [6, 6.07) is 11.0. The van der Waals surface area contributed by atoms with Crippen LogP contribution in [-0.2, 0) is 11.2 Å². The van der Waals surface area contributed by atoms with Gasteiger partial charge in [0.1, 0.15) is 0 Å². The Morgan fingerprint density at radius 1 is 0.963 bits per heavy atom. The molecule has 0 amide bonds. The van der Waals surface area contributed by atoms with Crippen molar-refractivity contribution in [3.05, 3.63) is 47.5 Å². The van der Waals surface area contributed by atoms with Gasteiger partial charge < -0.3 is 29.2 Å². The maximum absolute atomic E-state index is 10.0. The molecule has 0 saturated carbocycles. The van der Waals surface area contributed by atoms with Gasteiger partial charge in [-0.25, -0.2) is 0 Å². The summed E-state index contributed by atoms with van der Waals surface area (Å²) in [5.41, 5.74) is 1.99. The zero-order valence-electron chi connectivity index (χ0n) is 15.8. The first-order valence-corrected chi connectivity index (χ1v) is 8.91. The predicted molar refractivity (Wildman–Crippen MR) is 101 cm³/mol. The highest BCUT2D eigenvalue weighted by molar-refractivity contribution is 5.44. The maximum atomic E-state index is 10.0. The molecule has 2 aromatic rings. The second-order valence-electron chi connectivity index (χ2n) is 6.69. The van der Waals surface area contributed by atoms with E-state index in [4.69, 9.17) is 18.9 Å². The Hall–Kier alpha value is -2.44. The van der Waals surface area contributed by atoms with Gasteiger partial charge in [0.25, 0.3) is 0 Å². The number of aliphatic hydroxyl groups is 1. The number of aliphatic hydroxyl groups excluding tert-OH is 1. The van der Waals surface area contributed by atoms with Crippen LogP contribution in [0.3, 0.4) is 0 Å². The van der Waals surface area contributed by atoms with Crippen LogP contribution in [0.5, 0.6) is 23.0 Å². The molecule has 27 heavy (non-hydrogen) atoms. The number of ether oxygens (including phenoxy) is 4. The molecular weight excluding hydrogens is 348 g/mol. The molecule has 6 heteroatoms. The van der Waals surface area contributed by atoms with E-state index < -0.39 is 0 Å². The first-order valence-electron chi connectivity index (χ1n) is 8.91. The van der Waals surface area contributed by atoms with Gasteiger partial charge in [0, 0.05) is 12.5 Å². The van der Waals surface area contributed by atoms with E-state index in [9.17, 15) is 10.2 Å². The van der Waals surface area contributed by atoms with Crippen LogP contribution in [0.4, 0.5) is 0 Å². The summed E-state index contributed by atoms with van der Waals surface area (Å²) in [4.78, 5) is 0. The van der Waals surface area contributed by atoms with Crippen molar-refractivity contribution in [2.75, 3.05) is 34.5 Å². The van der Waals surface area contributed by atoms with Crippen molar-refractivity contribution in [3.8, 4) is 23.0 Å². The molecule has 3 atom stereocenters. The molecule has 1 fully saturated rings. The third kappa shape index (κ3) is 3.96. The molecule has 3 rings (SSSR count). The van der Waals surface area contributed by atoms with Gasteiger partial charge in [-0.05, 0) is 47.7 Å². The predicted octanol–water partition coefficient (Wildman–Crippen LogP) is 2.96. The van der Waals surface area contributed by atoms with E-state index in [1.165, 1.54) is 7.11 Å². The summed E-state index contributed by atoms with van der Waals surface area (Å²) in [5, 5.41) is 19.8. The van der Waals surface area contributed by atoms with Gasteiger partial charge in [-0.15, -0.1) is 0 Å². The Morgan fingerprint density at radius 3 is 2.37 bits per heavy atom. The topological polar surface area (TPSA) is 77.4 Å². The minimum Gasteiger partial charge on any atom is -0.504 e. The van der Waals surface area contributed by atoms with Crippen molar-refractivity contribution in [1.82, 2.24) is 0 Å². The Balaban J connectivity index is 1.79. The second-order valence-corrected chi connectivity index (χ2v) is 6.69. The molecule has 146 valence electrons. The zero-order chi connectivity index (χ0) is 19.4. The van der Waals surface area contributed by atoms with Crippen molar-refractivity contribution in [2.24, 2.45) is 11.8 Å². The van der Waals surface area contributed by atoms with Crippen molar-refractivity contribution in [3.63, 3.8) is 0 Å². The van der Waals surface area contributed by atoms with E-state index in [1.54, 1.807) is 26.4 Å². The van der Waals surface area contributed by atoms with E-state index in [0.717, 1.165) is 17.5 Å². The lowest BCUT2D eigenvalue weighted by Crippen LogP contribution is -2.21. The molecule has 2 aromatic carbocycles. The van der Waals surface area contributed by atoms with E-state index in [2.05, 4.69) is 0 Å². The lowest BCUT2D eigenvalue weighted by molar-refractivity contribution is 0.0717. The Kier molecular flexibility index (Phi) is 6.08. The number of methoxy groups -OCH3 is 3. The van der Waals surface area contributed by atoms with E-state index in [-0.39, 0.29) is 30.3 Å². The molecule has 1 saturated heterocycles. The summed E-state index contributed by atoms with van der Waals surface area (Å²) >= 11 is 0. The molecule has 0 bridgehead atoms. The van der Waals surface area contributed by atoms with Crippen molar-refractivity contribution < 1.29 is 29.2 Å². The maximum Gasteiger partial charge on any atom is 0.160 e. The van der Waals surface area contributed by atoms with Crippen molar-refractivity contribution in [1.29, 1.82) is 0 Å².